The first kappa shape index (κ1) is 17.0. The summed E-state index contributed by atoms with van der Waals surface area (Å²) in [5, 5.41) is 5.41. The van der Waals surface area contributed by atoms with Crippen molar-refractivity contribution in [1.82, 2.24) is 19.7 Å². The summed E-state index contributed by atoms with van der Waals surface area (Å²) in [6.07, 6.45) is 2.73. The van der Waals surface area contributed by atoms with Gasteiger partial charge in [-0.3, -0.25) is 9.48 Å². The lowest BCUT2D eigenvalue weighted by Gasteiger charge is -2.34. The molecule has 1 aliphatic rings. The minimum atomic E-state index is 0.0915. The second-order valence-electron chi connectivity index (χ2n) is 6.61. The van der Waals surface area contributed by atoms with Crippen LogP contribution >= 0.6 is 11.3 Å². The van der Waals surface area contributed by atoms with Gasteiger partial charge in [-0.1, -0.05) is 30.4 Å². The fourth-order valence-corrected chi connectivity index (χ4v) is 4.38. The van der Waals surface area contributed by atoms with Gasteiger partial charge in [0.2, 0.25) is 0 Å². The van der Waals surface area contributed by atoms with Gasteiger partial charge in [-0.25, -0.2) is 4.98 Å². The summed E-state index contributed by atoms with van der Waals surface area (Å²) in [5.41, 5.74) is 2.74. The summed E-state index contributed by atoms with van der Waals surface area (Å²) < 4.78 is 3.13. The average molecular weight is 369 g/mol. The molecule has 0 N–H and O–H groups in total. The molecule has 1 fully saturated rings. The number of benzene rings is 1. The Hall–Kier alpha value is -2.41. The van der Waals surface area contributed by atoms with Gasteiger partial charge in [0, 0.05) is 38.4 Å². The topological polar surface area (TPSA) is 54.3 Å². The van der Waals surface area contributed by atoms with Gasteiger partial charge < -0.3 is 9.80 Å². The first-order valence-corrected chi connectivity index (χ1v) is 9.91. The zero-order chi connectivity index (χ0) is 18.1. The van der Waals surface area contributed by atoms with E-state index in [0.29, 0.717) is 13.1 Å². The summed E-state index contributed by atoms with van der Waals surface area (Å²) in [6.45, 7) is 8.00. The Bertz CT molecular complexity index is 890. The van der Waals surface area contributed by atoms with Gasteiger partial charge >= 0.3 is 0 Å². The molecule has 0 unspecified atom stereocenters. The Labute approximate surface area is 157 Å². The quantitative estimate of drug-likeness (QED) is 0.709. The van der Waals surface area contributed by atoms with E-state index in [-0.39, 0.29) is 5.91 Å². The number of piperazine rings is 1. The molecule has 3 heterocycles. The normalized spacial score (nSPS) is 15.0. The van der Waals surface area contributed by atoms with Crippen molar-refractivity contribution >= 4 is 32.6 Å². The number of para-hydroxylation sites is 1. The van der Waals surface area contributed by atoms with Crippen molar-refractivity contribution in [3.63, 3.8) is 0 Å². The van der Waals surface area contributed by atoms with Crippen LogP contribution in [-0.2, 0) is 6.54 Å². The van der Waals surface area contributed by atoms with E-state index >= 15 is 0 Å². The lowest BCUT2D eigenvalue weighted by molar-refractivity contribution is 0.0746. The van der Waals surface area contributed by atoms with E-state index in [0.717, 1.165) is 48.0 Å². The van der Waals surface area contributed by atoms with Crippen LogP contribution in [0.4, 0.5) is 5.13 Å². The predicted molar refractivity (Wildman–Crippen MR) is 105 cm³/mol. The van der Waals surface area contributed by atoms with Crippen LogP contribution in [0, 0.1) is 6.92 Å². The molecular formula is C19H23N5OS. The molecule has 4 rings (SSSR count). The van der Waals surface area contributed by atoms with Crippen LogP contribution in [0.15, 0.2) is 30.5 Å². The highest BCUT2D eigenvalue weighted by atomic mass is 32.1. The highest BCUT2D eigenvalue weighted by Gasteiger charge is 2.26. The van der Waals surface area contributed by atoms with Crippen LogP contribution < -0.4 is 4.90 Å². The minimum absolute atomic E-state index is 0.0915. The Kier molecular flexibility index (Phi) is 4.63. The van der Waals surface area contributed by atoms with Gasteiger partial charge in [0.1, 0.15) is 0 Å². The maximum atomic E-state index is 12.9. The number of anilines is 1. The molecule has 1 aromatic carbocycles. The second-order valence-corrected chi connectivity index (χ2v) is 7.62. The summed E-state index contributed by atoms with van der Waals surface area (Å²) in [5.74, 6) is 0.0915. The molecule has 3 aromatic rings. The van der Waals surface area contributed by atoms with Crippen molar-refractivity contribution in [1.29, 1.82) is 0 Å². The lowest BCUT2D eigenvalue weighted by Crippen LogP contribution is -2.48. The Morgan fingerprint density at radius 2 is 1.96 bits per heavy atom. The van der Waals surface area contributed by atoms with Crippen LogP contribution in [0.2, 0.25) is 0 Å². The predicted octanol–water partition coefficient (Wildman–Crippen LogP) is 3.17. The van der Waals surface area contributed by atoms with Crippen molar-refractivity contribution in [3.8, 4) is 0 Å². The number of amides is 1. The molecule has 0 atom stereocenters. The van der Waals surface area contributed by atoms with E-state index in [9.17, 15) is 4.79 Å². The van der Waals surface area contributed by atoms with Gasteiger partial charge in [-0.2, -0.15) is 5.10 Å². The van der Waals surface area contributed by atoms with Gasteiger partial charge in [-0.05, 0) is 25.5 Å². The molecule has 2 aromatic heterocycles. The number of aromatic nitrogens is 3. The Morgan fingerprint density at radius 3 is 2.69 bits per heavy atom. The number of aryl methyl sites for hydroxylation is 1. The van der Waals surface area contributed by atoms with E-state index in [1.54, 1.807) is 17.5 Å². The van der Waals surface area contributed by atoms with Gasteiger partial charge in [0.05, 0.1) is 22.0 Å². The summed E-state index contributed by atoms with van der Waals surface area (Å²) in [4.78, 5) is 21.8. The summed E-state index contributed by atoms with van der Waals surface area (Å²) >= 11 is 1.72. The summed E-state index contributed by atoms with van der Waals surface area (Å²) in [6, 6.07) is 8.21. The number of hydrogen-bond acceptors (Lipinski definition) is 5. The molecule has 26 heavy (non-hydrogen) atoms. The van der Waals surface area contributed by atoms with Crippen molar-refractivity contribution in [3.05, 3.63) is 41.7 Å². The van der Waals surface area contributed by atoms with Crippen molar-refractivity contribution in [2.75, 3.05) is 31.1 Å². The standard InChI is InChI=1S/C19H23N5OS/c1-3-8-24-14(2)15(13-20-24)18(25)22-9-11-23(12-10-22)19-21-16-6-4-5-7-17(16)26-19/h4-7,13H,3,8-12H2,1-2H3. The molecule has 1 aliphatic heterocycles. The van der Waals surface area contributed by atoms with E-state index in [2.05, 4.69) is 23.0 Å². The third kappa shape index (κ3) is 3.07. The zero-order valence-electron chi connectivity index (χ0n) is 15.2. The first-order valence-electron chi connectivity index (χ1n) is 9.09. The van der Waals surface area contributed by atoms with Crippen LogP contribution in [0.5, 0.6) is 0 Å². The number of carbonyl (C=O) groups excluding carboxylic acids is 1. The summed E-state index contributed by atoms with van der Waals surface area (Å²) in [7, 11) is 0. The van der Waals surface area contributed by atoms with E-state index in [4.69, 9.17) is 4.98 Å². The lowest BCUT2D eigenvalue weighted by atomic mass is 10.2. The van der Waals surface area contributed by atoms with Crippen LogP contribution in [0.1, 0.15) is 29.4 Å². The largest absolute Gasteiger partial charge is 0.345 e. The van der Waals surface area contributed by atoms with E-state index < -0.39 is 0 Å². The number of rotatable bonds is 4. The molecule has 0 aliphatic carbocycles. The first-order chi connectivity index (χ1) is 12.7. The fourth-order valence-electron chi connectivity index (χ4n) is 3.36. The third-order valence-electron chi connectivity index (χ3n) is 4.89. The number of thiazole rings is 1. The van der Waals surface area contributed by atoms with Crippen LogP contribution in [-0.4, -0.2) is 51.8 Å². The molecule has 136 valence electrons. The van der Waals surface area contributed by atoms with E-state index in [1.165, 1.54) is 4.70 Å². The highest BCUT2D eigenvalue weighted by Crippen LogP contribution is 2.29. The van der Waals surface area contributed by atoms with Crippen molar-refractivity contribution in [2.24, 2.45) is 0 Å². The number of carbonyl (C=O) groups is 1. The molecule has 0 saturated carbocycles. The number of fused-ring (bicyclic) bond motifs is 1. The third-order valence-corrected chi connectivity index (χ3v) is 5.99. The molecule has 6 nitrogen and oxygen atoms in total. The molecule has 7 heteroatoms. The number of nitrogens with zero attached hydrogens (tertiary/aromatic N) is 5. The Balaban J connectivity index is 1.43. The van der Waals surface area contributed by atoms with E-state index in [1.807, 2.05) is 34.7 Å². The molecule has 0 spiro atoms. The smallest absolute Gasteiger partial charge is 0.257 e. The van der Waals surface area contributed by atoms with Crippen molar-refractivity contribution in [2.45, 2.75) is 26.8 Å². The highest BCUT2D eigenvalue weighted by molar-refractivity contribution is 7.22. The maximum absolute atomic E-state index is 12.9. The molecule has 1 amide bonds. The minimum Gasteiger partial charge on any atom is -0.345 e. The van der Waals surface area contributed by atoms with Gasteiger partial charge in [0.15, 0.2) is 5.13 Å². The Morgan fingerprint density at radius 1 is 1.19 bits per heavy atom. The van der Waals surface area contributed by atoms with Gasteiger partial charge in [0.25, 0.3) is 5.91 Å². The molecular weight excluding hydrogens is 346 g/mol. The fraction of sp³-hybridized carbons (Fsp3) is 0.421. The molecule has 0 bridgehead atoms. The zero-order valence-corrected chi connectivity index (χ0v) is 16.0. The van der Waals surface area contributed by atoms with Crippen molar-refractivity contribution < 1.29 is 4.79 Å². The second kappa shape index (κ2) is 7.07. The SMILES string of the molecule is CCCn1ncc(C(=O)N2CCN(c3nc4ccccc4s3)CC2)c1C. The van der Waals surface area contributed by atoms with Crippen LogP contribution in [0.3, 0.4) is 0 Å². The maximum Gasteiger partial charge on any atom is 0.257 e. The average Bonchev–Trinajstić information content (AvgIpc) is 3.26. The number of hydrogen-bond donors (Lipinski definition) is 0. The van der Waals surface area contributed by atoms with Gasteiger partial charge in [-0.15, -0.1) is 0 Å². The molecule has 0 radical (unpaired) electrons. The van der Waals surface area contributed by atoms with Crippen LogP contribution in [0.25, 0.3) is 10.2 Å². The monoisotopic (exact) mass is 369 g/mol. The molecule has 1 saturated heterocycles.